The Morgan fingerprint density at radius 2 is 1.97 bits per heavy atom. The number of aromatic nitrogens is 3. The molecular formula is C22H22ClF4N5O. The number of nitrogens with zero attached hydrogens (tertiary/aromatic N) is 4. The van der Waals surface area contributed by atoms with Gasteiger partial charge in [0.1, 0.15) is 17.0 Å². The van der Waals surface area contributed by atoms with Gasteiger partial charge in [0.2, 0.25) is 0 Å². The first kappa shape index (κ1) is 23.3. The molecule has 3 aromatic rings. The molecule has 3 heterocycles. The fourth-order valence-electron chi connectivity index (χ4n) is 4.19. The molecule has 0 aliphatic carbocycles. The molecule has 0 amide bonds. The number of pyridine rings is 1. The minimum atomic E-state index is -4.85. The lowest BCUT2D eigenvalue weighted by atomic mass is 10.0. The third-order valence-electron chi connectivity index (χ3n) is 5.68. The maximum atomic E-state index is 15.7. The first-order chi connectivity index (χ1) is 15.6. The molecule has 4 rings (SSSR count). The van der Waals surface area contributed by atoms with E-state index in [1.807, 2.05) is 4.90 Å². The van der Waals surface area contributed by atoms with Gasteiger partial charge in [-0.1, -0.05) is 24.9 Å². The summed E-state index contributed by atoms with van der Waals surface area (Å²) in [5, 5.41) is -0.354. The highest BCUT2D eigenvalue weighted by atomic mass is 35.5. The Morgan fingerprint density at radius 1 is 1.21 bits per heavy atom. The van der Waals surface area contributed by atoms with Crippen molar-refractivity contribution in [1.82, 2.24) is 15.0 Å². The van der Waals surface area contributed by atoms with Crippen LogP contribution in [0.15, 0.2) is 18.3 Å². The van der Waals surface area contributed by atoms with Crippen LogP contribution in [0.2, 0.25) is 5.02 Å². The van der Waals surface area contributed by atoms with E-state index >= 15 is 4.39 Å². The summed E-state index contributed by atoms with van der Waals surface area (Å²) >= 11 is 5.84. The second-order valence-electron chi connectivity index (χ2n) is 8.19. The molecule has 2 N–H and O–H groups in total. The van der Waals surface area contributed by atoms with Crippen molar-refractivity contribution in [2.24, 2.45) is 5.92 Å². The average molecular weight is 484 g/mol. The number of benzene rings is 1. The van der Waals surface area contributed by atoms with Crippen molar-refractivity contribution in [2.45, 2.75) is 32.4 Å². The second kappa shape index (κ2) is 8.81. The van der Waals surface area contributed by atoms with E-state index in [-0.39, 0.29) is 22.6 Å². The number of rotatable bonds is 3. The third-order valence-corrected chi connectivity index (χ3v) is 5.98. The van der Waals surface area contributed by atoms with Crippen LogP contribution in [0.1, 0.15) is 31.7 Å². The molecule has 0 spiro atoms. The van der Waals surface area contributed by atoms with Crippen LogP contribution in [0.3, 0.4) is 0 Å². The molecule has 1 unspecified atom stereocenters. The maximum absolute atomic E-state index is 15.7. The normalized spacial score (nSPS) is 17.3. The number of fused-ring (bicyclic) bond motifs is 1. The number of nitrogens with two attached hydrogens (primary N) is 1. The van der Waals surface area contributed by atoms with E-state index in [1.54, 1.807) is 0 Å². The highest BCUT2D eigenvalue weighted by Crippen LogP contribution is 2.44. The SMILES string of the molecule is COc1nc(N2CCCCC(C)C2)c2cnc(-c3cc(N)cc(Cl)c3C(F)(F)F)c(F)c2n1. The summed E-state index contributed by atoms with van der Waals surface area (Å²) in [6.07, 6.45) is -0.507. The minimum Gasteiger partial charge on any atom is -0.467 e. The summed E-state index contributed by atoms with van der Waals surface area (Å²) in [6.45, 7) is 3.52. The van der Waals surface area contributed by atoms with Gasteiger partial charge in [-0.25, -0.2) is 4.39 Å². The fraction of sp³-hybridized carbons (Fsp3) is 0.409. The van der Waals surface area contributed by atoms with Gasteiger partial charge in [0.25, 0.3) is 0 Å². The smallest absolute Gasteiger partial charge is 0.418 e. The molecule has 1 aliphatic heterocycles. The van der Waals surface area contributed by atoms with Gasteiger partial charge in [-0.2, -0.15) is 23.1 Å². The van der Waals surface area contributed by atoms with Gasteiger partial charge in [0.15, 0.2) is 5.82 Å². The van der Waals surface area contributed by atoms with Crippen LogP contribution >= 0.6 is 11.6 Å². The lowest BCUT2D eigenvalue weighted by molar-refractivity contribution is -0.137. The molecule has 0 radical (unpaired) electrons. The Labute approximate surface area is 192 Å². The fourth-order valence-corrected chi connectivity index (χ4v) is 4.53. The quantitative estimate of drug-likeness (QED) is 0.379. The number of halogens is 5. The van der Waals surface area contributed by atoms with Gasteiger partial charge in [0, 0.05) is 30.5 Å². The van der Waals surface area contributed by atoms with Crippen molar-refractivity contribution >= 4 is 34.0 Å². The predicted octanol–water partition coefficient (Wildman–Crippen LogP) is 5.72. The van der Waals surface area contributed by atoms with Crippen molar-refractivity contribution in [3.63, 3.8) is 0 Å². The first-order valence-electron chi connectivity index (χ1n) is 10.4. The van der Waals surface area contributed by atoms with E-state index in [9.17, 15) is 13.2 Å². The summed E-state index contributed by atoms with van der Waals surface area (Å²) in [6, 6.07) is 1.88. The van der Waals surface area contributed by atoms with Crippen LogP contribution in [-0.4, -0.2) is 35.2 Å². The number of hydrogen-bond acceptors (Lipinski definition) is 6. The Morgan fingerprint density at radius 3 is 2.67 bits per heavy atom. The molecule has 2 aromatic heterocycles. The molecule has 0 saturated carbocycles. The zero-order valence-electron chi connectivity index (χ0n) is 18.0. The zero-order chi connectivity index (χ0) is 23.9. The monoisotopic (exact) mass is 483 g/mol. The van der Waals surface area contributed by atoms with Crippen LogP contribution in [0.5, 0.6) is 6.01 Å². The lowest BCUT2D eigenvalue weighted by Gasteiger charge is -2.25. The standard InChI is InChI=1S/C22H22ClF4N5O/c1-11-5-3-4-6-32(10-11)20-14-9-29-18(17(24)19(14)30-21(31-20)33-2)13-7-12(28)8-15(23)16(13)22(25,26)27/h7-9,11H,3-6,10,28H2,1-2H3. The maximum Gasteiger partial charge on any atom is 0.418 e. The van der Waals surface area contributed by atoms with Crippen molar-refractivity contribution < 1.29 is 22.3 Å². The summed E-state index contributed by atoms with van der Waals surface area (Å²) in [5.74, 6) is -0.209. The van der Waals surface area contributed by atoms with Gasteiger partial charge in [-0.15, -0.1) is 0 Å². The molecule has 0 bridgehead atoms. The highest BCUT2D eigenvalue weighted by molar-refractivity contribution is 6.32. The van der Waals surface area contributed by atoms with E-state index in [0.29, 0.717) is 24.8 Å². The van der Waals surface area contributed by atoms with E-state index in [2.05, 4.69) is 21.9 Å². The van der Waals surface area contributed by atoms with Gasteiger partial charge in [-0.3, -0.25) is 4.98 Å². The molecule has 6 nitrogen and oxygen atoms in total. The van der Waals surface area contributed by atoms with Gasteiger partial charge in [-0.05, 0) is 30.9 Å². The first-order valence-corrected chi connectivity index (χ1v) is 10.8. The molecule has 1 aliphatic rings. The van der Waals surface area contributed by atoms with Gasteiger partial charge in [0.05, 0.1) is 23.1 Å². The highest BCUT2D eigenvalue weighted by Gasteiger charge is 2.38. The van der Waals surface area contributed by atoms with Crippen LogP contribution < -0.4 is 15.4 Å². The molecule has 11 heteroatoms. The lowest BCUT2D eigenvalue weighted by Crippen LogP contribution is -2.28. The van der Waals surface area contributed by atoms with E-state index in [1.165, 1.54) is 13.3 Å². The number of methoxy groups -OCH3 is 1. The Kier molecular flexibility index (Phi) is 6.22. The summed E-state index contributed by atoms with van der Waals surface area (Å²) in [5.41, 5.74) is 3.14. The van der Waals surface area contributed by atoms with E-state index in [0.717, 1.165) is 31.4 Å². The largest absolute Gasteiger partial charge is 0.467 e. The molecule has 176 valence electrons. The summed E-state index contributed by atoms with van der Waals surface area (Å²) in [4.78, 5) is 14.6. The van der Waals surface area contributed by atoms with Crippen molar-refractivity contribution in [3.8, 4) is 17.3 Å². The average Bonchev–Trinajstić information content (AvgIpc) is 2.96. The molecule has 1 atom stereocenters. The van der Waals surface area contributed by atoms with Crippen molar-refractivity contribution in [3.05, 3.63) is 34.7 Å². The molecule has 1 aromatic carbocycles. The van der Waals surface area contributed by atoms with Gasteiger partial charge >= 0.3 is 12.2 Å². The topological polar surface area (TPSA) is 77.2 Å². The number of alkyl halides is 3. The van der Waals surface area contributed by atoms with E-state index in [4.69, 9.17) is 22.1 Å². The Bertz CT molecular complexity index is 1200. The van der Waals surface area contributed by atoms with Crippen LogP contribution in [-0.2, 0) is 6.18 Å². The van der Waals surface area contributed by atoms with Crippen molar-refractivity contribution in [1.29, 1.82) is 0 Å². The van der Waals surface area contributed by atoms with Crippen LogP contribution in [0.25, 0.3) is 22.2 Å². The minimum absolute atomic E-state index is 0.0520. The predicted molar refractivity (Wildman–Crippen MR) is 119 cm³/mol. The Balaban J connectivity index is 1.96. The Hall–Kier alpha value is -2.88. The summed E-state index contributed by atoms with van der Waals surface area (Å²) in [7, 11) is 1.34. The van der Waals surface area contributed by atoms with Crippen molar-refractivity contribution in [2.75, 3.05) is 30.8 Å². The number of nitrogen functional groups attached to an aromatic ring is 1. The molecule has 1 saturated heterocycles. The summed E-state index contributed by atoms with van der Waals surface area (Å²) < 4.78 is 62.1. The number of anilines is 2. The number of ether oxygens (including phenoxy) is 1. The second-order valence-corrected chi connectivity index (χ2v) is 8.59. The van der Waals surface area contributed by atoms with Crippen LogP contribution in [0, 0.1) is 11.7 Å². The zero-order valence-corrected chi connectivity index (χ0v) is 18.8. The molecular weight excluding hydrogens is 462 g/mol. The van der Waals surface area contributed by atoms with Gasteiger partial charge < -0.3 is 15.4 Å². The van der Waals surface area contributed by atoms with E-state index < -0.39 is 33.8 Å². The number of hydrogen-bond donors (Lipinski definition) is 1. The molecule has 1 fully saturated rings. The van der Waals surface area contributed by atoms with Crippen LogP contribution in [0.4, 0.5) is 29.1 Å². The molecule has 33 heavy (non-hydrogen) atoms. The third kappa shape index (κ3) is 4.48.